The summed E-state index contributed by atoms with van der Waals surface area (Å²) in [6.07, 6.45) is 10.3. The van der Waals surface area contributed by atoms with Crippen molar-refractivity contribution in [3.63, 3.8) is 0 Å². The summed E-state index contributed by atoms with van der Waals surface area (Å²) in [7, 11) is 0. The van der Waals surface area contributed by atoms with Gasteiger partial charge >= 0.3 is 0 Å². The average molecular weight is 323 g/mol. The molecule has 0 radical (unpaired) electrons. The molecule has 1 amide bonds. The van der Waals surface area contributed by atoms with E-state index in [9.17, 15) is 4.79 Å². The fourth-order valence-electron chi connectivity index (χ4n) is 4.15. The Morgan fingerprint density at radius 3 is 2.52 bits per heavy atom. The van der Waals surface area contributed by atoms with E-state index in [2.05, 4.69) is 15.1 Å². The van der Waals surface area contributed by atoms with Crippen molar-refractivity contribution >= 4 is 5.91 Å². The third-order valence-electron chi connectivity index (χ3n) is 5.53. The van der Waals surface area contributed by atoms with E-state index in [1.165, 1.54) is 45.2 Å². The summed E-state index contributed by atoms with van der Waals surface area (Å²) in [4.78, 5) is 16.8. The predicted octanol–water partition coefficient (Wildman–Crippen LogP) is 1.62. The molecule has 0 aromatic rings. The van der Waals surface area contributed by atoms with Gasteiger partial charge in [0.05, 0.1) is 19.3 Å². The third kappa shape index (κ3) is 5.73. The number of hydrogen-bond acceptors (Lipinski definition) is 4. The first-order valence-electron chi connectivity index (χ1n) is 9.65. The molecule has 0 aromatic heterocycles. The van der Waals surface area contributed by atoms with Gasteiger partial charge in [-0.05, 0) is 45.2 Å². The molecular formula is C18H33N3O2. The highest BCUT2D eigenvalue weighted by atomic mass is 16.5. The number of ether oxygens (including phenoxy) is 1. The number of carbonyl (C=O) groups excluding carboxylic acids is 1. The quantitative estimate of drug-likeness (QED) is 0.773. The van der Waals surface area contributed by atoms with Crippen LogP contribution >= 0.6 is 0 Å². The van der Waals surface area contributed by atoms with Gasteiger partial charge in [0.25, 0.3) is 0 Å². The van der Waals surface area contributed by atoms with Crippen LogP contribution in [0.2, 0.25) is 0 Å². The number of piperidine rings is 1. The topological polar surface area (TPSA) is 44.8 Å². The van der Waals surface area contributed by atoms with Crippen molar-refractivity contribution in [3.8, 4) is 0 Å². The minimum Gasteiger partial charge on any atom is -0.376 e. The molecule has 5 heteroatoms. The Kier molecular flexibility index (Phi) is 6.72. The van der Waals surface area contributed by atoms with Crippen LogP contribution < -0.4 is 5.32 Å². The van der Waals surface area contributed by atoms with Gasteiger partial charge in [0.1, 0.15) is 0 Å². The van der Waals surface area contributed by atoms with Gasteiger partial charge < -0.3 is 15.0 Å². The van der Waals surface area contributed by atoms with Gasteiger partial charge in [-0.15, -0.1) is 0 Å². The highest BCUT2D eigenvalue weighted by molar-refractivity contribution is 5.78. The van der Waals surface area contributed by atoms with Crippen molar-refractivity contribution in [2.24, 2.45) is 0 Å². The van der Waals surface area contributed by atoms with Crippen molar-refractivity contribution in [3.05, 3.63) is 0 Å². The number of hydrogen-bond donors (Lipinski definition) is 1. The van der Waals surface area contributed by atoms with Crippen LogP contribution in [0.1, 0.15) is 51.4 Å². The van der Waals surface area contributed by atoms with Gasteiger partial charge in [0.2, 0.25) is 5.91 Å². The summed E-state index contributed by atoms with van der Waals surface area (Å²) < 4.78 is 6.04. The van der Waals surface area contributed by atoms with Crippen LogP contribution in [0.3, 0.4) is 0 Å². The molecule has 0 spiro atoms. The average Bonchev–Trinajstić information content (AvgIpc) is 3.20. The summed E-state index contributed by atoms with van der Waals surface area (Å²) in [6.45, 7) is 6.83. The minimum absolute atomic E-state index is 0.200. The molecule has 5 nitrogen and oxygen atoms in total. The van der Waals surface area contributed by atoms with Crippen LogP contribution in [0.4, 0.5) is 0 Å². The lowest BCUT2D eigenvalue weighted by Gasteiger charge is -2.26. The molecular weight excluding hydrogens is 290 g/mol. The second-order valence-electron chi connectivity index (χ2n) is 7.47. The predicted molar refractivity (Wildman–Crippen MR) is 91.5 cm³/mol. The molecule has 0 bridgehead atoms. The Bertz CT molecular complexity index is 365. The van der Waals surface area contributed by atoms with Crippen molar-refractivity contribution < 1.29 is 9.53 Å². The first-order valence-corrected chi connectivity index (χ1v) is 9.65. The van der Waals surface area contributed by atoms with Gasteiger partial charge in [0.15, 0.2) is 0 Å². The van der Waals surface area contributed by atoms with Crippen LogP contribution in [0.15, 0.2) is 0 Å². The van der Waals surface area contributed by atoms with Crippen LogP contribution in [-0.4, -0.2) is 73.7 Å². The molecule has 132 valence electrons. The number of likely N-dealkylation sites (tertiary alicyclic amines) is 2. The molecule has 3 fully saturated rings. The van der Waals surface area contributed by atoms with Gasteiger partial charge in [-0.3, -0.25) is 9.69 Å². The Labute approximate surface area is 140 Å². The molecule has 2 saturated heterocycles. The molecule has 1 unspecified atom stereocenters. The van der Waals surface area contributed by atoms with Crippen LogP contribution in [0.25, 0.3) is 0 Å². The lowest BCUT2D eigenvalue weighted by molar-refractivity contribution is -0.122. The van der Waals surface area contributed by atoms with E-state index in [1.54, 1.807) is 0 Å². The highest BCUT2D eigenvalue weighted by Gasteiger charge is 2.26. The molecule has 1 saturated carbocycles. The molecule has 1 aliphatic carbocycles. The summed E-state index contributed by atoms with van der Waals surface area (Å²) in [6, 6.07) is 0.432. The molecule has 2 aliphatic heterocycles. The first-order chi connectivity index (χ1) is 11.3. The largest absolute Gasteiger partial charge is 0.376 e. The zero-order valence-corrected chi connectivity index (χ0v) is 14.5. The van der Waals surface area contributed by atoms with E-state index in [-0.39, 0.29) is 5.91 Å². The minimum atomic E-state index is 0.200. The maximum atomic E-state index is 12.1. The van der Waals surface area contributed by atoms with Crippen LogP contribution in [0, 0.1) is 0 Å². The van der Waals surface area contributed by atoms with E-state index in [0.29, 0.717) is 18.7 Å². The van der Waals surface area contributed by atoms with Crippen molar-refractivity contribution in [2.45, 2.75) is 63.5 Å². The molecule has 0 aromatic carbocycles. The summed E-state index contributed by atoms with van der Waals surface area (Å²) >= 11 is 0. The monoisotopic (exact) mass is 323 g/mol. The normalized spacial score (nSPS) is 27.6. The number of nitrogens with zero attached hydrogens (tertiary/aromatic N) is 2. The zero-order chi connectivity index (χ0) is 15.9. The van der Waals surface area contributed by atoms with Crippen LogP contribution in [-0.2, 0) is 9.53 Å². The molecule has 1 N–H and O–H groups in total. The van der Waals surface area contributed by atoms with E-state index < -0.39 is 0 Å². The second kappa shape index (κ2) is 9.00. The zero-order valence-electron chi connectivity index (χ0n) is 14.5. The highest BCUT2D eigenvalue weighted by Crippen LogP contribution is 2.18. The third-order valence-corrected chi connectivity index (χ3v) is 5.53. The number of carbonyl (C=O) groups is 1. The SMILES string of the molecule is O=C(CN1CCC(OCCN2CCCCC2)C1)NC1CCCC1. The Morgan fingerprint density at radius 2 is 1.74 bits per heavy atom. The summed E-state index contributed by atoms with van der Waals surface area (Å²) in [5.74, 6) is 0.200. The number of nitrogens with one attached hydrogen (secondary N) is 1. The van der Waals surface area contributed by atoms with E-state index in [0.717, 1.165) is 45.5 Å². The fraction of sp³-hybridized carbons (Fsp3) is 0.944. The smallest absolute Gasteiger partial charge is 0.234 e. The Hall–Kier alpha value is -0.650. The molecule has 23 heavy (non-hydrogen) atoms. The Morgan fingerprint density at radius 1 is 0.957 bits per heavy atom. The summed E-state index contributed by atoms with van der Waals surface area (Å²) in [5.41, 5.74) is 0. The fourth-order valence-corrected chi connectivity index (χ4v) is 4.15. The van der Waals surface area contributed by atoms with Gasteiger partial charge in [-0.2, -0.15) is 0 Å². The lowest BCUT2D eigenvalue weighted by atomic mass is 10.1. The molecule has 2 heterocycles. The standard InChI is InChI=1S/C18H33N3O2/c22-18(19-16-6-2-3-7-16)15-21-11-8-17(14-21)23-13-12-20-9-4-1-5-10-20/h16-17H,1-15H2,(H,19,22). The maximum Gasteiger partial charge on any atom is 0.234 e. The van der Waals surface area contributed by atoms with Gasteiger partial charge in [-0.25, -0.2) is 0 Å². The van der Waals surface area contributed by atoms with Crippen molar-refractivity contribution in [1.29, 1.82) is 0 Å². The summed E-state index contributed by atoms with van der Waals surface area (Å²) in [5, 5.41) is 3.18. The number of rotatable bonds is 7. The van der Waals surface area contributed by atoms with E-state index in [1.807, 2.05) is 0 Å². The van der Waals surface area contributed by atoms with Gasteiger partial charge in [-0.1, -0.05) is 19.3 Å². The van der Waals surface area contributed by atoms with E-state index >= 15 is 0 Å². The van der Waals surface area contributed by atoms with E-state index in [4.69, 9.17) is 4.74 Å². The van der Waals surface area contributed by atoms with Crippen molar-refractivity contribution in [1.82, 2.24) is 15.1 Å². The Balaban J connectivity index is 1.26. The first kappa shape index (κ1) is 17.2. The number of amides is 1. The lowest BCUT2D eigenvalue weighted by Crippen LogP contribution is -2.40. The van der Waals surface area contributed by atoms with Crippen molar-refractivity contribution in [2.75, 3.05) is 45.9 Å². The van der Waals surface area contributed by atoms with Gasteiger partial charge in [0, 0.05) is 25.7 Å². The maximum absolute atomic E-state index is 12.1. The molecule has 1 atom stereocenters. The van der Waals surface area contributed by atoms with Crippen LogP contribution in [0.5, 0.6) is 0 Å². The second-order valence-corrected chi connectivity index (χ2v) is 7.47. The molecule has 3 rings (SSSR count). The molecule has 3 aliphatic rings.